The second kappa shape index (κ2) is 6.70. The number of rotatable bonds is 6. The minimum Gasteiger partial charge on any atom is -0.324 e. The first-order valence-corrected chi connectivity index (χ1v) is 9.15. The molecule has 4 nitrogen and oxygen atoms in total. The third-order valence-corrected chi connectivity index (χ3v) is 6.06. The van der Waals surface area contributed by atoms with Crippen LogP contribution in [0, 0.1) is 0 Å². The van der Waals surface area contributed by atoms with Gasteiger partial charge in [-0.1, -0.05) is 25.1 Å². The molecule has 1 aromatic heterocycles. The van der Waals surface area contributed by atoms with E-state index in [0.717, 1.165) is 10.4 Å². The van der Waals surface area contributed by atoms with Gasteiger partial charge in [-0.25, -0.2) is 8.42 Å². The van der Waals surface area contributed by atoms with E-state index in [4.69, 9.17) is 5.73 Å². The Balaban J connectivity index is 2.32. The summed E-state index contributed by atoms with van der Waals surface area (Å²) in [5.74, 6) is 0. The van der Waals surface area contributed by atoms with Gasteiger partial charge in [0.15, 0.2) is 0 Å². The average molecular weight is 324 g/mol. The number of nitrogens with zero attached hydrogens (tertiary/aromatic N) is 1. The van der Waals surface area contributed by atoms with Crippen LogP contribution in [0.25, 0.3) is 0 Å². The molecule has 2 rings (SSSR count). The smallest absolute Gasteiger partial charge is 0.243 e. The number of benzene rings is 1. The summed E-state index contributed by atoms with van der Waals surface area (Å²) in [5, 5.41) is 1.95. The summed E-state index contributed by atoms with van der Waals surface area (Å²) in [7, 11) is -3.50. The third-order valence-electron chi connectivity index (χ3n) is 3.29. The maximum absolute atomic E-state index is 12.8. The highest BCUT2D eigenvalue weighted by molar-refractivity contribution is 7.89. The van der Waals surface area contributed by atoms with Crippen molar-refractivity contribution in [2.24, 2.45) is 5.73 Å². The fourth-order valence-electron chi connectivity index (χ4n) is 2.05. The zero-order valence-electron chi connectivity index (χ0n) is 12.2. The van der Waals surface area contributed by atoms with Crippen LogP contribution in [-0.2, 0) is 16.6 Å². The van der Waals surface area contributed by atoms with Gasteiger partial charge in [0, 0.05) is 24.0 Å². The van der Waals surface area contributed by atoms with Gasteiger partial charge in [0.05, 0.1) is 4.90 Å². The van der Waals surface area contributed by atoms with Gasteiger partial charge in [-0.3, -0.25) is 0 Å². The Bertz CT molecular complexity index is 679. The predicted octanol–water partition coefficient (Wildman–Crippen LogP) is 2.98. The van der Waals surface area contributed by atoms with Gasteiger partial charge >= 0.3 is 0 Å². The first kappa shape index (κ1) is 16.2. The van der Waals surface area contributed by atoms with Crippen molar-refractivity contribution in [3.8, 4) is 0 Å². The van der Waals surface area contributed by atoms with Gasteiger partial charge in [0.25, 0.3) is 0 Å². The van der Waals surface area contributed by atoms with Crippen molar-refractivity contribution in [1.82, 2.24) is 4.31 Å². The second-order valence-corrected chi connectivity index (χ2v) is 7.84. The molecule has 0 aliphatic rings. The Morgan fingerprint density at radius 2 is 2.05 bits per heavy atom. The van der Waals surface area contributed by atoms with Gasteiger partial charge in [-0.2, -0.15) is 4.31 Å². The van der Waals surface area contributed by atoms with Crippen molar-refractivity contribution in [2.75, 3.05) is 6.54 Å². The normalized spacial score (nSPS) is 13.5. The molecule has 2 N–H and O–H groups in total. The maximum Gasteiger partial charge on any atom is 0.243 e. The molecule has 1 unspecified atom stereocenters. The lowest BCUT2D eigenvalue weighted by Crippen LogP contribution is -2.30. The zero-order chi connectivity index (χ0) is 15.5. The quantitative estimate of drug-likeness (QED) is 0.888. The van der Waals surface area contributed by atoms with Gasteiger partial charge in [-0.05, 0) is 36.1 Å². The number of hydrogen-bond acceptors (Lipinski definition) is 4. The molecule has 1 heterocycles. The lowest BCUT2D eigenvalue weighted by atomic mass is 10.1. The van der Waals surface area contributed by atoms with E-state index >= 15 is 0 Å². The highest BCUT2D eigenvalue weighted by atomic mass is 32.2. The van der Waals surface area contributed by atoms with Crippen molar-refractivity contribution in [3.05, 3.63) is 52.2 Å². The minimum atomic E-state index is -3.50. The summed E-state index contributed by atoms with van der Waals surface area (Å²) in [6.07, 6.45) is 0. The van der Waals surface area contributed by atoms with E-state index in [0.29, 0.717) is 18.0 Å². The molecule has 1 atom stereocenters. The van der Waals surface area contributed by atoms with Crippen molar-refractivity contribution in [2.45, 2.75) is 31.3 Å². The van der Waals surface area contributed by atoms with E-state index < -0.39 is 10.0 Å². The monoisotopic (exact) mass is 324 g/mol. The molecule has 0 amide bonds. The lowest BCUT2D eigenvalue weighted by Gasteiger charge is -2.20. The number of hydrogen-bond donors (Lipinski definition) is 1. The Hall–Kier alpha value is -1.21. The topological polar surface area (TPSA) is 63.4 Å². The van der Waals surface area contributed by atoms with Crippen LogP contribution in [0.4, 0.5) is 0 Å². The van der Waals surface area contributed by atoms with Gasteiger partial charge in [0.2, 0.25) is 10.0 Å². The fraction of sp³-hybridized carbons (Fsp3) is 0.333. The molecule has 0 spiro atoms. The Morgan fingerprint density at radius 1 is 1.29 bits per heavy atom. The van der Waals surface area contributed by atoms with Crippen molar-refractivity contribution in [1.29, 1.82) is 0 Å². The van der Waals surface area contributed by atoms with Crippen molar-refractivity contribution >= 4 is 21.4 Å². The molecule has 1 aromatic carbocycles. The van der Waals surface area contributed by atoms with Gasteiger partial charge < -0.3 is 5.73 Å². The van der Waals surface area contributed by atoms with Gasteiger partial charge in [-0.15, -0.1) is 11.3 Å². The fourth-order valence-corrected chi connectivity index (χ4v) is 4.33. The highest BCUT2D eigenvalue weighted by Gasteiger charge is 2.24. The van der Waals surface area contributed by atoms with E-state index in [2.05, 4.69) is 0 Å². The van der Waals surface area contributed by atoms with Crippen molar-refractivity contribution in [3.63, 3.8) is 0 Å². The highest BCUT2D eigenvalue weighted by Crippen LogP contribution is 2.22. The van der Waals surface area contributed by atoms with Crippen molar-refractivity contribution < 1.29 is 8.42 Å². The molecule has 0 radical (unpaired) electrons. The Labute approximate surface area is 130 Å². The van der Waals surface area contributed by atoms with Crippen LogP contribution in [0.2, 0.25) is 0 Å². The minimum absolute atomic E-state index is 0.187. The Morgan fingerprint density at radius 3 is 2.62 bits per heavy atom. The van der Waals surface area contributed by atoms with E-state index in [1.54, 1.807) is 29.5 Å². The molecule has 2 aromatic rings. The summed E-state index contributed by atoms with van der Waals surface area (Å²) in [6, 6.07) is 10.6. The standard InChI is InChI=1S/C15H20N2O2S2/c1-3-17(11-14-7-5-9-20-14)21(18,19)15-8-4-6-13(10-15)12(2)16/h4-10,12H,3,11,16H2,1-2H3. The zero-order valence-corrected chi connectivity index (χ0v) is 13.8. The molecule has 0 saturated carbocycles. The summed E-state index contributed by atoms with van der Waals surface area (Å²) >= 11 is 1.56. The number of nitrogens with two attached hydrogens (primary N) is 1. The molecule has 114 valence electrons. The van der Waals surface area contributed by atoms with Crippen LogP contribution < -0.4 is 5.73 Å². The second-order valence-electron chi connectivity index (χ2n) is 4.87. The average Bonchev–Trinajstić information content (AvgIpc) is 2.97. The molecular formula is C15H20N2O2S2. The van der Waals surface area contributed by atoms with E-state index in [1.807, 2.05) is 37.4 Å². The third kappa shape index (κ3) is 3.71. The van der Waals surface area contributed by atoms with Gasteiger partial charge in [0.1, 0.15) is 0 Å². The summed E-state index contributed by atoms with van der Waals surface area (Å²) in [4.78, 5) is 1.33. The molecule has 0 saturated heterocycles. The lowest BCUT2D eigenvalue weighted by molar-refractivity contribution is 0.426. The SMILES string of the molecule is CCN(Cc1cccs1)S(=O)(=O)c1cccc(C(C)N)c1. The maximum atomic E-state index is 12.8. The van der Waals surface area contributed by atoms with Crippen LogP contribution in [0.15, 0.2) is 46.7 Å². The first-order chi connectivity index (χ1) is 9.95. The van der Waals surface area contributed by atoms with E-state index in [-0.39, 0.29) is 6.04 Å². The van der Waals surface area contributed by atoms with Crippen LogP contribution in [-0.4, -0.2) is 19.3 Å². The predicted molar refractivity (Wildman–Crippen MR) is 86.6 cm³/mol. The summed E-state index contributed by atoms with van der Waals surface area (Å²) in [6.45, 7) is 4.52. The van der Waals surface area contributed by atoms with E-state index in [9.17, 15) is 8.42 Å². The van der Waals surface area contributed by atoms with Crippen LogP contribution in [0.3, 0.4) is 0 Å². The molecule has 6 heteroatoms. The van der Waals surface area contributed by atoms with Crippen LogP contribution in [0.5, 0.6) is 0 Å². The molecule has 0 aliphatic carbocycles. The molecule has 0 fully saturated rings. The van der Waals surface area contributed by atoms with E-state index in [1.165, 1.54) is 4.31 Å². The summed E-state index contributed by atoms with van der Waals surface area (Å²) < 4.78 is 27.0. The Kier molecular flexibility index (Phi) is 5.16. The first-order valence-electron chi connectivity index (χ1n) is 6.83. The number of sulfonamides is 1. The largest absolute Gasteiger partial charge is 0.324 e. The molecule has 21 heavy (non-hydrogen) atoms. The summed E-state index contributed by atoms with van der Waals surface area (Å²) in [5.41, 5.74) is 6.66. The van der Waals surface area contributed by atoms with Crippen LogP contribution in [0.1, 0.15) is 30.3 Å². The molecule has 0 bridgehead atoms. The van der Waals surface area contributed by atoms with Crippen LogP contribution >= 0.6 is 11.3 Å². The number of thiophene rings is 1. The molecule has 0 aliphatic heterocycles. The molecular weight excluding hydrogens is 304 g/mol.